The Morgan fingerprint density at radius 3 is 2.52 bits per heavy atom. The Kier molecular flexibility index (Phi) is 8.40. The lowest BCUT2D eigenvalue weighted by molar-refractivity contribution is -0.387. The van der Waals surface area contributed by atoms with Crippen molar-refractivity contribution in [2.45, 2.75) is 45.1 Å². The molecule has 1 aromatic carbocycles. The SMILES string of the molecule is CCNC(=O)[C@@H](C)NC(=O)c1ccc(SCCC(C)C)c([N+](=O)[O-])c1. The van der Waals surface area contributed by atoms with E-state index in [1.165, 1.54) is 17.8 Å². The minimum Gasteiger partial charge on any atom is -0.355 e. The van der Waals surface area contributed by atoms with Gasteiger partial charge < -0.3 is 10.6 Å². The fourth-order valence-corrected chi connectivity index (χ4v) is 3.26. The first-order chi connectivity index (χ1) is 11.8. The number of nitrogens with one attached hydrogen (secondary N) is 2. The first-order valence-corrected chi connectivity index (χ1v) is 9.24. The highest BCUT2D eigenvalue weighted by atomic mass is 32.2. The number of carbonyl (C=O) groups is 2. The van der Waals surface area contributed by atoms with Gasteiger partial charge in [0.1, 0.15) is 6.04 Å². The molecule has 0 aliphatic carbocycles. The summed E-state index contributed by atoms with van der Waals surface area (Å²) in [6.07, 6.45) is 0.952. The number of hydrogen-bond donors (Lipinski definition) is 2. The van der Waals surface area contributed by atoms with Gasteiger partial charge in [0.25, 0.3) is 11.6 Å². The standard InChI is InChI=1S/C17H25N3O4S/c1-5-18-16(21)12(4)19-17(22)13-6-7-15(14(10-13)20(23)24)25-9-8-11(2)3/h6-7,10-12H,5,8-9H2,1-4H3,(H,18,21)(H,19,22)/t12-/m1/s1. The van der Waals surface area contributed by atoms with Crippen molar-refractivity contribution < 1.29 is 14.5 Å². The van der Waals surface area contributed by atoms with Crippen LogP contribution in [0.2, 0.25) is 0 Å². The first-order valence-electron chi connectivity index (χ1n) is 8.26. The molecule has 0 aliphatic heterocycles. The summed E-state index contributed by atoms with van der Waals surface area (Å²) >= 11 is 1.41. The Balaban J connectivity index is 2.87. The molecule has 0 radical (unpaired) electrons. The van der Waals surface area contributed by atoms with E-state index in [2.05, 4.69) is 24.5 Å². The summed E-state index contributed by atoms with van der Waals surface area (Å²) in [4.78, 5) is 35.3. The molecular formula is C17H25N3O4S. The van der Waals surface area contributed by atoms with Crippen LogP contribution < -0.4 is 10.6 Å². The van der Waals surface area contributed by atoms with E-state index in [4.69, 9.17) is 0 Å². The van der Waals surface area contributed by atoms with E-state index >= 15 is 0 Å². The Morgan fingerprint density at radius 2 is 1.96 bits per heavy atom. The van der Waals surface area contributed by atoms with Crippen LogP contribution in [0.25, 0.3) is 0 Å². The zero-order chi connectivity index (χ0) is 19.0. The number of hydrogen-bond acceptors (Lipinski definition) is 5. The number of thioether (sulfide) groups is 1. The maximum Gasteiger partial charge on any atom is 0.283 e. The predicted molar refractivity (Wildman–Crippen MR) is 98.9 cm³/mol. The topological polar surface area (TPSA) is 101 Å². The molecule has 1 atom stereocenters. The van der Waals surface area contributed by atoms with Gasteiger partial charge in [0, 0.05) is 18.2 Å². The zero-order valence-corrected chi connectivity index (χ0v) is 15.8. The van der Waals surface area contributed by atoms with Crippen LogP contribution in [0.5, 0.6) is 0 Å². The van der Waals surface area contributed by atoms with Crippen molar-refractivity contribution in [1.29, 1.82) is 0 Å². The quantitative estimate of drug-likeness (QED) is 0.397. The van der Waals surface area contributed by atoms with E-state index in [0.717, 1.165) is 12.2 Å². The van der Waals surface area contributed by atoms with Crippen molar-refractivity contribution in [3.8, 4) is 0 Å². The van der Waals surface area contributed by atoms with Crippen LogP contribution in [0.3, 0.4) is 0 Å². The van der Waals surface area contributed by atoms with E-state index in [-0.39, 0.29) is 17.2 Å². The molecule has 0 aromatic heterocycles. The fraction of sp³-hybridized carbons (Fsp3) is 0.529. The van der Waals surface area contributed by atoms with Crippen LogP contribution in [0, 0.1) is 16.0 Å². The summed E-state index contributed by atoms with van der Waals surface area (Å²) < 4.78 is 0. The van der Waals surface area contributed by atoms with Crippen molar-refractivity contribution in [3.63, 3.8) is 0 Å². The first kappa shape index (κ1) is 21.0. The monoisotopic (exact) mass is 367 g/mol. The fourth-order valence-electron chi connectivity index (χ4n) is 2.00. The van der Waals surface area contributed by atoms with Crippen LogP contribution in [0.4, 0.5) is 5.69 Å². The van der Waals surface area contributed by atoms with Gasteiger partial charge in [0.05, 0.1) is 9.82 Å². The summed E-state index contributed by atoms with van der Waals surface area (Å²) in [6, 6.07) is 3.68. The van der Waals surface area contributed by atoms with Gasteiger partial charge in [-0.1, -0.05) is 13.8 Å². The summed E-state index contributed by atoms with van der Waals surface area (Å²) in [6.45, 7) is 8.00. The number of benzene rings is 1. The third-order valence-corrected chi connectivity index (χ3v) is 4.56. The molecule has 0 bridgehead atoms. The van der Waals surface area contributed by atoms with Crippen molar-refractivity contribution in [2.24, 2.45) is 5.92 Å². The third kappa shape index (κ3) is 6.74. The molecule has 0 spiro atoms. The second-order valence-electron chi connectivity index (χ2n) is 6.06. The number of nitro groups is 1. The zero-order valence-electron chi connectivity index (χ0n) is 15.0. The molecule has 0 fully saturated rings. The molecule has 0 heterocycles. The number of rotatable bonds is 9. The largest absolute Gasteiger partial charge is 0.355 e. The summed E-state index contributed by atoms with van der Waals surface area (Å²) in [5.41, 5.74) is 0.0723. The van der Waals surface area contributed by atoms with E-state index < -0.39 is 16.9 Å². The molecule has 0 saturated heterocycles. The molecule has 138 valence electrons. The van der Waals surface area contributed by atoms with Crippen LogP contribution in [0.1, 0.15) is 44.5 Å². The van der Waals surface area contributed by atoms with E-state index in [1.807, 2.05) is 0 Å². The van der Waals surface area contributed by atoms with Crippen molar-refractivity contribution >= 4 is 29.3 Å². The van der Waals surface area contributed by atoms with Gasteiger partial charge in [-0.15, -0.1) is 11.8 Å². The van der Waals surface area contributed by atoms with E-state index in [1.54, 1.807) is 26.0 Å². The van der Waals surface area contributed by atoms with Gasteiger partial charge >= 0.3 is 0 Å². The van der Waals surface area contributed by atoms with Gasteiger partial charge in [-0.05, 0) is 44.1 Å². The minimum atomic E-state index is -0.716. The number of nitrogens with zero attached hydrogens (tertiary/aromatic N) is 1. The van der Waals surface area contributed by atoms with Crippen molar-refractivity contribution in [1.82, 2.24) is 10.6 Å². The molecule has 1 aromatic rings. The Hall–Kier alpha value is -2.09. The normalized spacial score (nSPS) is 11.9. The lowest BCUT2D eigenvalue weighted by atomic mass is 10.1. The van der Waals surface area contributed by atoms with Crippen LogP contribution in [-0.4, -0.2) is 35.1 Å². The smallest absolute Gasteiger partial charge is 0.283 e. The summed E-state index contributed by atoms with van der Waals surface area (Å²) in [5, 5.41) is 16.5. The van der Waals surface area contributed by atoms with Crippen LogP contribution in [-0.2, 0) is 4.79 Å². The molecule has 8 heteroatoms. The maximum atomic E-state index is 12.2. The average molecular weight is 367 g/mol. The number of likely N-dealkylation sites (N-methyl/N-ethyl adjacent to an activating group) is 1. The molecule has 0 aliphatic rings. The minimum absolute atomic E-state index is 0.0907. The molecular weight excluding hydrogens is 342 g/mol. The second-order valence-corrected chi connectivity index (χ2v) is 7.20. The molecule has 7 nitrogen and oxygen atoms in total. The van der Waals surface area contributed by atoms with Gasteiger partial charge in [-0.25, -0.2) is 0 Å². The van der Waals surface area contributed by atoms with Crippen molar-refractivity contribution in [2.75, 3.05) is 12.3 Å². The maximum absolute atomic E-state index is 12.2. The highest BCUT2D eigenvalue weighted by molar-refractivity contribution is 7.99. The predicted octanol–water partition coefficient (Wildman–Crippen LogP) is 2.99. The Labute approximate surface area is 152 Å². The summed E-state index contributed by atoms with van der Waals surface area (Å²) in [7, 11) is 0. The van der Waals surface area contributed by atoms with Gasteiger partial charge in [-0.2, -0.15) is 0 Å². The lowest BCUT2D eigenvalue weighted by Crippen LogP contribution is -2.44. The molecule has 2 N–H and O–H groups in total. The van der Waals surface area contributed by atoms with Gasteiger partial charge in [0.15, 0.2) is 0 Å². The number of amides is 2. The van der Waals surface area contributed by atoms with E-state index in [9.17, 15) is 19.7 Å². The molecule has 2 amide bonds. The highest BCUT2D eigenvalue weighted by Crippen LogP contribution is 2.31. The molecule has 0 saturated carbocycles. The van der Waals surface area contributed by atoms with Crippen LogP contribution >= 0.6 is 11.8 Å². The van der Waals surface area contributed by atoms with E-state index in [0.29, 0.717) is 17.4 Å². The summed E-state index contributed by atoms with van der Waals surface area (Å²) in [5.74, 6) is 0.484. The third-order valence-electron chi connectivity index (χ3n) is 3.46. The number of nitro benzene ring substituents is 1. The lowest BCUT2D eigenvalue weighted by Gasteiger charge is -2.13. The van der Waals surface area contributed by atoms with Gasteiger partial charge in [-0.3, -0.25) is 19.7 Å². The second kappa shape index (κ2) is 10.0. The Bertz CT molecular complexity index is 634. The Morgan fingerprint density at radius 1 is 1.28 bits per heavy atom. The van der Waals surface area contributed by atoms with Crippen LogP contribution in [0.15, 0.2) is 23.1 Å². The average Bonchev–Trinajstić information content (AvgIpc) is 2.54. The van der Waals surface area contributed by atoms with Crippen molar-refractivity contribution in [3.05, 3.63) is 33.9 Å². The number of carbonyl (C=O) groups excluding carboxylic acids is 2. The van der Waals surface area contributed by atoms with Gasteiger partial charge in [0.2, 0.25) is 5.91 Å². The molecule has 0 unspecified atom stereocenters. The molecule has 1 rings (SSSR count). The molecule has 25 heavy (non-hydrogen) atoms. The highest BCUT2D eigenvalue weighted by Gasteiger charge is 2.20.